The predicted molar refractivity (Wildman–Crippen MR) is 60.3 cm³/mol. The molecular formula is C13H12NO6+. The average Bonchev–Trinajstić information content (AvgIpc) is 2.82. The molecule has 0 aromatic carbocycles. The molecule has 1 aromatic heterocycles. The Bertz CT molecular complexity index is 631. The summed E-state index contributed by atoms with van der Waals surface area (Å²) in [7, 11) is 0. The molecule has 0 radical (unpaired) electrons. The molecule has 1 N–H and O–H groups in total. The number of aromatic nitrogens is 1. The first-order chi connectivity index (χ1) is 9.51. The molecule has 1 saturated carbocycles. The number of carbonyl (C=O) groups excluding carboxylic acids is 2. The van der Waals surface area contributed by atoms with Gasteiger partial charge in [-0.25, -0.2) is 4.79 Å². The summed E-state index contributed by atoms with van der Waals surface area (Å²) in [5, 5.41) is 10.6. The average molecular weight is 278 g/mol. The zero-order chi connectivity index (χ0) is 14.1. The van der Waals surface area contributed by atoms with Crippen LogP contribution in [-0.2, 0) is 19.0 Å². The van der Waals surface area contributed by atoms with Crippen LogP contribution in [0.25, 0.3) is 0 Å². The van der Waals surface area contributed by atoms with Crippen LogP contribution < -0.4 is 4.57 Å². The van der Waals surface area contributed by atoms with E-state index in [-0.39, 0.29) is 0 Å². The summed E-state index contributed by atoms with van der Waals surface area (Å²) in [5.41, 5.74) is -1.11. The Kier molecular flexibility index (Phi) is 2.10. The number of rotatable bonds is 1. The summed E-state index contributed by atoms with van der Waals surface area (Å²) in [4.78, 5) is 23.2. The Morgan fingerprint density at radius 1 is 1.50 bits per heavy atom. The van der Waals surface area contributed by atoms with Crippen LogP contribution >= 0.6 is 0 Å². The fraction of sp³-hybridized carbons (Fsp3) is 0.462. The van der Waals surface area contributed by atoms with Crippen molar-refractivity contribution in [2.45, 2.75) is 37.1 Å². The number of hydrogen-bond donors (Lipinski definition) is 1. The molecule has 1 unspecified atom stereocenters. The van der Waals surface area contributed by atoms with Gasteiger partial charge in [-0.2, -0.15) is 4.57 Å². The summed E-state index contributed by atoms with van der Waals surface area (Å²) >= 11 is 0. The molecule has 3 aliphatic heterocycles. The van der Waals surface area contributed by atoms with Gasteiger partial charge in [-0.1, -0.05) is 0 Å². The van der Waals surface area contributed by atoms with E-state index in [0.717, 1.165) is 0 Å². The standard InChI is InChI=1S/C13H12NO6/c1-6(15)18-10-11-14-4-2-3-7(5-14)12(16)20-9-8(19-11)13(9,10)17/h2-5,8-11,17H,1H3/q+1/t8-,9?,10+,11-,13+/m1/s1. The maximum absolute atomic E-state index is 11.9. The topological polar surface area (TPSA) is 85.9 Å². The highest BCUT2D eigenvalue weighted by atomic mass is 16.7. The molecule has 4 aliphatic rings. The highest BCUT2D eigenvalue weighted by Crippen LogP contribution is 2.55. The van der Waals surface area contributed by atoms with Gasteiger partial charge in [0.15, 0.2) is 24.1 Å². The maximum atomic E-state index is 11.9. The van der Waals surface area contributed by atoms with E-state index in [2.05, 4.69) is 0 Å². The van der Waals surface area contributed by atoms with Crippen molar-refractivity contribution in [2.75, 3.05) is 0 Å². The first-order valence-electron chi connectivity index (χ1n) is 6.28. The number of nitrogens with zero attached hydrogens (tertiary/aromatic N) is 1. The minimum atomic E-state index is -1.47. The van der Waals surface area contributed by atoms with E-state index in [1.54, 1.807) is 29.1 Å². The van der Waals surface area contributed by atoms with Crippen LogP contribution in [0, 0.1) is 0 Å². The van der Waals surface area contributed by atoms with Gasteiger partial charge >= 0.3 is 18.2 Å². The molecule has 0 spiro atoms. The number of pyridine rings is 1. The molecule has 4 heterocycles. The lowest BCUT2D eigenvalue weighted by Gasteiger charge is -2.21. The second-order valence-electron chi connectivity index (χ2n) is 5.23. The van der Waals surface area contributed by atoms with E-state index >= 15 is 0 Å². The van der Waals surface area contributed by atoms with Crippen molar-refractivity contribution >= 4 is 11.9 Å². The number of ether oxygens (including phenoxy) is 3. The number of hydrogen-bond acceptors (Lipinski definition) is 6. The smallest absolute Gasteiger partial charge is 0.344 e. The quantitative estimate of drug-likeness (QED) is 0.528. The van der Waals surface area contributed by atoms with Crippen LogP contribution in [-0.4, -0.2) is 41.0 Å². The number of aliphatic hydroxyl groups is 1. The van der Waals surface area contributed by atoms with Crippen molar-refractivity contribution < 1.29 is 33.5 Å². The van der Waals surface area contributed by atoms with Crippen LogP contribution in [0.5, 0.6) is 0 Å². The van der Waals surface area contributed by atoms with E-state index in [1.165, 1.54) is 6.92 Å². The molecule has 0 amide bonds. The molecule has 7 nitrogen and oxygen atoms in total. The van der Waals surface area contributed by atoms with Gasteiger partial charge in [0.2, 0.25) is 6.10 Å². The molecule has 5 rings (SSSR count). The molecule has 6 bridgehead atoms. The van der Waals surface area contributed by atoms with E-state index in [0.29, 0.717) is 5.56 Å². The predicted octanol–water partition coefficient (Wildman–Crippen LogP) is -0.913. The van der Waals surface area contributed by atoms with Gasteiger partial charge in [-0.3, -0.25) is 4.79 Å². The second kappa shape index (κ2) is 3.56. The molecule has 104 valence electrons. The molecule has 7 heteroatoms. The third-order valence-corrected chi connectivity index (χ3v) is 3.96. The van der Waals surface area contributed by atoms with Gasteiger partial charge in [-0.05, 0) is 6.07 Å². The van der Waals surface area contributed by atoms with E-state index < -0.39 is 42.1 Å². The van der Waals surface area contributed by atoms with Crippen molar-refractivity contribution in [3.63, 3.8) is 0 Å². The summed E-state index contributed by atoms with van der Waals surface area (Å²) in [6.45, 7) is 1.26. The maximum Gasteiger partial charge on any atom is 0.344 e. The van der Waals surface area contributed by atoms with Crippen molar-refractivity contribution in [2.24, 2.45) is 0 Å². The zero-order valence-electron chi connectivity index (χ0n) is 10.6. The van der Waals surface area contributed by atoms with E-state index in [9.17, 15) is 14.7 Å². The third-order valence-electron chi connectivity index (χ3n) is 3.96. The molecule has 5 atom stereocenters. The molecule has 1 aromatic rings. The fourth-order valence-electron chi connectivity index (χ4n) is 2.95. The Morgan fingerprint density at radius 2 is 2.30 bits per heavy atom. The van der Waals surface area contributed by atoms with E-state index in [4.69, 9.17) is 14.2 Å². The van der Waals surface area contributed by atoms with Crippen LogP contribution in [0.4, 0.5) is 0 Å². The second-order valence-corrected chi connectivity index (χ2v) is 5.23. The summed E-state index contributed by atoms with van der Waals surface area (Å²) < 4.78 is 17.7. The van der Waals surface area contributed by atoms with Gasteiger partial charge in [0.05, 0.1) is 0 Å². The lowest BCUT2D eigenvalue weighted by Crippen LogP contribution is -2.51. The molecule has 2 fully saturated rings. The number of esters is 2. The lowest BCUT2D eigenvalue weighted by molar-refractivity contribution is -0.766. The summed E-state index contributed by atoms with van der Waals surface area (Å²) in [5.74, 6) is -1.05. The Hall–Kier alpha value is -1.99. The molecular weight excluding hydrogens is 266 g/mol. The van der Waals surface area contributed by atoms with Crippen LogP contribution in [0.3, 0.4) is 0 Å². The largest absolute Gasteiger partial charge is 0.452 e. The molecule has 1 saturated heterocycles. The van der Waals surface area contributed by atoms with Crippen LogP contribution in [0.2, 0.25) is 0 Å². The molecule has 20 heavy (non-hydrogen) atoms. The Balaban J connectivity index is 1.82. The van der Waals surface area contributed by atoms with Gasteiger partial charge in [0.25, 0.3) is 0 Å². The first-order valence-corrected chi connectivity index (χ1v) is 6.28. The fourth-order valence-corrected chi connectivity index (χ4v) is 2.95. The van der Waals surface area contributed by atoms with Crippen LogP contribution in [0.15, 0.2) is 24.5 Å². The minimum absolute atomic E-state index is 0.361. The highest BCUT2D eigenvalue weighted by molar-refractivity contribution is 5.89. The van der Waals surface area contributed by atoms with Crippen molar-refractivity contribution in [1.82, 2.24) is 0 Å². The monoisotopic (exact) mass is 278 g/mol. The van der Waals surface area contributed by atoms with Gasteiger partial charge in [-0.15, -0.1) is 0 Å². The third kappa shape index (κ3) is 1.33. The van der Waals surface area contributed by atoms with Crippen molar-refractivity contribution in [1.29, 1.82) is 0 Å². The highest BCUT2D eigenvalue weighted by Gasteiger charge is 2.83. The van der Waals surface area contributed by atoms with Gasteiger partial charge < -0.3 is 19.3 Å². The number of fused-ring (bicyclic) bond motifs is 1. The molecule has 1 aliphatic carbocycles. The van der Waals surface area contributed by atoms with Gasteiger partial charge in [0, 0.05) is 13.0 Å². The van der Waals surface area contributed by atoms with Crippen LogP contribution in [0.1, 0.15) is 23.5 Å². The van der Waals surface area contributed by atoms with Crippen molar-refractivity contribution in [3.05, 3.63) is 30.1 Å². The van der Waals surface area contributed by atoms with Gasteiger partial charge in [0.1, 0.15) is 11.7 Å². The number of carbonyl (C=O) groups is 2. The Labute approximate surface area is 113 Å². The first kappa shape index (κ1) is 11.8. The summed E-state index contributed by atoms with van der Waals surface area (Å²) in [6.07, 6.45) is 0.209. The Morgan fingerprint density at radius 3 is 3.05 bits per heavy atom. The zero-order valence-corrected chi connectivity index (χ0v) is 10.6. The van der Waals surface area contributed by atoms with Crippen molar-refractivity contribution in [3.8, 4) is 0 Å². The van der Waals surface area contributed by atoms with E-state index in [1.807, 2.05) is 0 Å². The lowest BCUT2D eigenvalue weighted by atomic mass is 10.1. The SMILES string of the molecule is CC(=O)O[C@H]1[C@H]2O[C@@H]3C(OC(=O)c4ccc[n+]2c4)[C@@]31O. The summed E-state index contributed by atoms with van der Waals surface area (Å²) in [6, 6.07) is 3.28. The normalized spacial score (nSPS) is 40.2. The minimum Gasteiger partial charge on any atom is -0.452 e.